The van der Waals surface area contributed by atoms with E-state index in [2.05, 4.69) is 35.9 Å². The highest BCUT2D eigenvalue weighted by atomic mass is 32.1. The van der Waals surface area contributed by atoms with E-state index in [0.29, 0.717) is 28.0 Å². The van der Waals surface area contributed by atoms with Gasteiger partial charge in [0.1, 0.15) is 14.4 Å². The fraction of sp³-hybridized carbons (Fsp3) is 0.625. The maximum atomic E-state index is 10.8. The van der Waals surface area contributed by atoms with Crippen molar-refractivity contribution in [2.24, 2.45) is 0 Å². The molecule has 7 heteroatoms. The van der Waals surface area contributed by atoms with E-state index >= 15 is 0 Å². The smallest absolute Gasteiger partial charge is 0.130 e. The van der Waals surface area contributed by atoms with E-state index in [1.807, 2.05) is 0 Å². The predicted octanol–water partition coefficient (Wildman–Crippen LogP) is 1.33. The number of rotatable bonds is 6. The van der Waals surface area contributed by atoms with Gasteiger partial charge in [-0.25, -0.2) is 0 Å². The molecule has 1 atom stereocenters. The molecule has 86 valence electrons. The minimum absolute atomic E-state index is 0.0454. The summed E-state index contributed by atoms with van der Waals surface area (Å²) in [5, 5.41) is 5.88. The van der Waals surface area contributed by atoms with E-state index in [0.717, 1.165) is 0 Å². The molecule has 0 radical (unpaired) electrons. The summed E-state index contributed by atoms with van der Waals surface area (Å²) in [5.41, 5.74) is 0. The van der Waals surface area contributed by atoms with Gasteiger partial charge >= 0.3 is 0 Å². The zero-order valence-corrected chi connectivity index (χ0v) is 11.7. The first kappa shape index (κ1) is 15.2. The van der Waals surface area contributed by atoms with Gasteiger partial charge in [0, 0.05) is 19.0 Å². The first-order valence-electron chi connectivity index (χ1n) is 4.37. The molecule has 0 aromatic carbocycles. The summed E-state index contributed by atoms with van der Waals surface area (Å²) in [5.74, 6) is 0.153. The van der Waals surface area contributed by atoms with Gasteiger partial charge in [-0.3, -0.25) is 0 Å². The Bertz CT molecular complexity index is 239. The van der Waals surface area contributed by atoms with Crippen molar-refractivity contribution in [3.8, 4) is 0 Å². The van der Waals surface area contributed by atoms with Crippen LogP contribution in [-0.2, 0) is 4.79 Å². The topological polar surface area (TPSA) is 41.1 Å². The molecule has 0 aliphatic heterocycles. The van der Waals surface area contributed by atoms with Gasteiger partial charge in [-0.05, 0) is 13.3 Å². The van der Waals surface area contributed by atoms with Crippen LogP contribution in [0.3, 0.4) is 0 Å². The van der Waals surface area contributed by atoms with Crippen LogP contribution in [-0.4, -0.2) is 27.0 Å². The Kier molecular flexibility index (Phi) is 8.40. The zero-order valence-electron chi connectivity index (χ0n) is 8.32. The standard InChI is InChI=1S/C8H14N2OS4/c1-5(11)2-3-6(10-8(14)15)4-9-7(12)13/h6H,2-4H2,1H3,(H2,9,12,13)(H2,10,14,15). The number of hydrogen-bond acceptors (Lipinski definition) is 3. The first-order chi connectivity index (χ1) is 6.91. The number of thiol groups is 2. The van der Waals surface area contributed by atoms with Gasteiger partial charge in [-0.1, -0.05) is 24.4 Å². The molecule has 0 spiro atoms. The van der Waals surface area contributed by atoms with E-state index in [1.54, 1.807) is 6.92 Å². The molecule has 0 amide bonds. The van der Waals surface area contributed by atoms with Crippen molar-refractivity contribution in [1.29, 1.82) is 0 Å². The quantitative estimate of drug-likeness (QED) is 0.437. The molecule has 0 saturated carbocycles. The second-order valence-electron chi connectivity index (χ2n) is 3.07. The highest BCUT2D eigenvalue weighted by molar-refractivity contribution is 8.11. The molecule has 3 nitrogen and oxygen atoms in total. The Hall–Kier alpha value is 0.150. The normalized spacial score (nSPS) is 11.7. The molecule has 0 saturated heterocycles. The average Bonchev–Trinajstić information content (AvgIpc) is 2.08. The Morgan fingerprint density at radius 3 is 2.33 bits per heavy atom. The summed E-state index contributed by atoms with van der Waals surface area (Å²) >= 11 is 17.5. The van der Waals surface area contributed by atoms with E-state index in [-0.39, 0.29) is 11.8 Å². The number of thiocarbonyl (C=S) groups is 2. The Balaban J connectivity index is 3.99. The van der Waals surface area contributed by atoms with E-state index in [1.165, 1.54) is 0 Å². The van der Waals surface area contributed by atoms with Gasteiger partial charge in [0.25, 0.3) is 0 Å². The molecule has 2 N–H and O–H groups in total. The second kappa shape index (κ2) is 8.32. The fourth-order valence-corrected chi connectivity index (χ4v) is 1.51. The average molecular weight is 282 g/mol. The van der Waals surface area contributed by atoms with E-state index < -0.39 is 0 Å². The summed E-state index contributed by atoms with van der Waals surface area (Å²) in [4.78, 5) is 10.8. The van der Waals surface area contributed by atoms with Crippen molar-refractivity contribution in [2.75, 3.05) is 6.54 Å². The van der Waals surface area contributed by atoms with Crippen LogP contribution in [0, 0.1) is 0 Å². The van der Waals surface area contributed by atoms with Crippen molar-refractivity contribution < 1.29 is 4.79 Å². The molecule has 1 unspecified atom stereocenters. The second-order valence-corrected chi connectivity index (χ2v) is 5.39. The lowest BCUT2D eigenvalue weighted by Crippen LogP contribution is -2.40. The van der Waals surface area contributed by atoms with Crippen LogP contribution in [0.1, 0.15) is 19.8 Å². The maximum absolute atomic E-state index is 10.8. The number of ketones is 1. The highest BCUT2D eigenvalue weighted by Gasteiger charge is 2.09. The summed E-state index contributed by atoms with van der Waals surface area (Å²) < 4.78 is 0.838. The van der Waals surface area contributed by atoms with Crippen molar-refractivity contribution in [1.82, 2.24) is 10.6 Å². The Morgan fingerprint density at radius 1 is 1.33 bits per heavy atom. The Labute approximate surface area is 112 Å². The summed E-state index contributed by atoms with van der Waals surface area (Å²) in [6.07, 6.45) is 1.20. The molecule has 0 aliphatic carbocycles. The van der Waals surface area contributed by atoms with Crippen molar-refractivity contribution >= 4 is 64.1 Å². The maximum Gasteiger partial charge on any atom is 0.130 e. The summed E-state index contributed by atoms with van der Waals surface area (Å²) in [7, 11) is 0. The third kappa shape index (κ3) is 10.4. The van der Waals surface area contributed by atoms with E-state index in [4.69, 9.17) is 24.4 Å². The first-order valence-corrected chi connectivity index (χ1v) is 6.08. The lowest BCUT2D eigenvalue weighted by molar-refractivity contribution is -0.117. The van der Waals surface area contributed by atoms with Crippen LogP contribution >= 0.6 is 49.7 Å². The molecular weight excluding hydrogens is 268 g/mol. The molecule has 0 heterocycles. The van der Waals surface area contributed by atoms with Crippen LogP contribution in [0.15, 0.2) is 0 Å². The molecule has 0 aromatic heterocycles. The third-order valence-corrected chi connectivity index (χ3v) is 2.22. The predicted molar refractivity (Wildman–Crippen MR) is 78.0 cm³/mol. The molecule has 15 heavy (non-hydrogen) atoms. The van der Waals surface area contributed by atoms with Gasteiger partial charge in [-0.2, -0.15) is 0 Å². The van der Waals surface area contributed by atoms with Crippen molar-refractivity contribution in [3.63, 3.8) is 0 Å². The van der Waals surface area contributed by atoms with E-state index in [9.17, 15) is 4.79 Å². The molecule has 0 rings (SSSR count). The summed E-state index contributed by atoms with van der Waals surface area (Å²) in [6.45, 7) is 2.14. The lowest BCUT2D eigenvalue weighted by atomic mass is 10.1. The molecule has 0 fully saturated rings. The van der Waals surface area contributed by atoms with Crippen LogP contribution in [0.4, 0.5) is 0 Å². The van der Waals surface area contributed by atoms with Crippen LogP contribution in [0.5, 0.6) is 0 Å². The number of hydrogen-bond donors (Lipinski definition) is 4. The number of Topliss-reactive ketones (excluding diaryl/α,β-unsaturated/α-hetero) is 1. The van der Waals surface area contributed by atoms with Gasteiger partial charge in [0.15, 0.2) is 0 Å². The van der Waals surface area contributed by atoms with Crippen LogP contribution < -0.4 is 10.6 Å². The Morgan fingerprint density at radius 2 is 1.93 bits per heavy atom. The third-order valence-electron chi connectivity index (χ3n) is 1.67. The number of carbonyl (C=O) groups is 1. The van der Waals surface area contributed by atoms with Gasteiger partial charge in [0.2, 0.25) is 0 Å². The van der Waals surface area contributed by atoms with Crippen LogP contribution in [0.2, 0.25) is 0 Å². The minimum atomic E-state index is 0.0454. The highest BCUT2D eigenvalue weighted by Crippen LogP contribution is 1.99. The zero-order chi connectivity index (χ0) is 11.8. The minimum Gasteiger partial charge on any atom is -0.369 e. The van der Waals surface area contributed by atoms with Gasteiger partial charge in [-0.15, -0.1) is 25.3 Å². The molecule has 0 bridgehead atoms. The number of carbonyl (C=O) groups excluding carboxylic acids is 1. The number of nitrogens with one attached hydrogen (secondary N) is 2. The van der Waals surface area contributed by atoms with Gasteiger partial charge < -0.3 is 15.4 Å². The van der Waals surface area contributed by atoms with Crippen LogP contribution in [0.25, 0.3) is 0 Å². The lowest BCUT2D eigenvalue weighted by Gasteiger charge is -2.18. The van der Waals surface area contributed by atoms with Crippen molar-refractivity contribution in [2.45, 2.75) is 25.8 Å². The monoisotopic (exact) mass is 282 g/mol. The fourth-order valence-electron chi connectivity index (χ4n) is 0.988. The molecule has 0 aromatic rings. The molecule has 0 aliphatic rings. The van der Waals surface area contributed by atoms with Crippen molar-refractivity contribution in [3.05, 3.63) is 0 Å². The molecular formula is C8H14N2OS4. The van der Waals surface area contributed by atoms with Gasteiger partial charge in [0.05, 0.1) is 0 Å². The summed E-state index contributed by atoms with van der Waals surface area (Å²) in [6, 6.07) is 0.0454. The SMILES string of the molecule is CC(=O)CCC(CNC(=S)S)NC(=S)S. The largest absolute Gasteiger partial charge is 0.369 e.